The number of aromatic nitrogens is 1. The van der Waals surface area contributed by atoms with Gasteiger partial charge in [0.05, 0.1) is 33.0 Å². The van der Waals surface area contributed by atoms with Gasteiger partial charge < -0.3 is 59.1 Å². The third-order valence-electron chi connectivity index (χ3n) is 8.33. The largest absolute Gasteiger partial charge is 0.502 e. The molecule has 14 heteroatoms. The van der Waals surface area contributed by atoms with E-state index < -0.39 is 48.8 Å². The van der Waals surface area contributed by atoms with E-state index in [4.69, 9.17) is 23.7 Å². The molecule has 14 nitrogen and oxygen atoms in total. The van der Waals surface area contributed by atoms with E-state index in [1.54, 1.807) is 18.2 Å². The summed E-state index contributed by atoms with van der Waals surface area (Å²) in [5.74, 6) is -0.522. The summed E-state index contributed by atoms with van der Waals surface area (Å²) in [4.78, 5) is 26.6. The third kappa shape index (κ3) is 8.83. The molecule has 6 N–H and O–H groups in total. The van der Waals surface area contributed by atoms with Crippen LogP contribution in [0.4, 0.5) is 5.69 Å². The summed E-state index contributed by atoms with van der Waals surface area (Å²) in [6.45, 7) is 1.70. The zero-order chi connectivity index (χ0) is 35.7. The quantitative estimate of drug-likeness (QED) is 0.0953. The van der Waals surface area contributed by atoms with Crippen LogP contribution in [0.15, 0.2) is 41.2 Å². The number of phenols is 1. The van der Waals surface area contributed by atoms with E-state index in [1.807, 2.05) is 0 Å². The summed E-state index contributed by atoms with van der Waals surface area (Å²) in [5, 5.41) is 54.2. The highest BCUT2D eigenvalue weighted by Crippen LogP contribution is 2.38. The number of ether oxygens (including phenoxy) is 5. The van der Waals surface area contributed by atoms with Crippen molar-refractivity contribution in [1.29, 1.82) is 0 Å². The van der Waals surface area contributed by atoms with E-state index in [2.05, 4.69) is 12.2 Å². The van der Waals surface area contributed by atoms with Crippen molar-refractivity contribution in [2.75, 3.05) is 32.8 Å². The molecule has 0 spiro atoms. The molecule has 2 aromatic carbocycles. The van der Waals surface area contributed by atoms with Gasteiger partial charge in [0.25, 0.3) is 5.56 Å². The van der Waals surface area contributed by atoms with Crippen LogP contribution in [0.2, 0.25) is 0 Å². The number of hydrogen-bond acceptors (Lipinski definition) is 12. The second-order valence-electron chi connectivity index (χ2n) is 11.8. The van der Waals surface area contributed by atoms with Gasteiger partial charge in [0, 0.05) is 24.2 Å². The fourth-order valence-corrected chi connectivity index (χ4v) is 5.51. The Hall–Kier alpha value is -4.34. The second-order valence-corrected chi connectivity index (χ2v) is 11.8. The molecule has 49 heavy (non-hydrogen) atoms. The van der Waals surface area contributed by atoms with Crippen molar-refractivity contribution in [2.45, 2.75) is 76.2 Å². The summed E-state index contributed by atoms with van der Waals surface area (Å²) >= 11 is 0. The Morgan fingerprint density at radius 1 is 0.959 bits per heavy atom. The Labute approximate surface area is 284 Å². The lowest BCUT2D eigenvalue weighted by molar-refractivity contribution is -0.277. The molecule has 268 valence electrons. The number of unbranched alkanes of at least 4 members (excludes halogenated alkanes) is 5. The Balaban J connectivity index is 1.64. The molecule has 0 saturated carbocycles. The maximum atomic E-state index is 13.7. The van der Waals surface area contributed by atoms with Gasteiger partial charge in [-0.15, -0.1) is 0 Å². The number of carbonyl (C=O) groups excluding carboxylic acids is 1. The van der Waals surface area contributed by atoms with Crippen molar-refractivity contribution in [3.05, 3.63) is 52.3 Å². The molecule has 1 aliphatic heterocycles. The molecule has 0 aliphatic carbocycles. The van der Waals surface area contributed by atoms with E-state index >= 15 is 0 Å². The van der Waals surface area contributed by atoms with Crippen LogP contribution < -0.4 is 29.8 Å². The van der Waals surface area contributed by atoms with Crippen molar-refractivity contribution < 1.29 is 54.0 Å². The molecule has 2 heterocycles. The Bertz CT molecular complexity index is 1650. The molecule has 1 aromatic heterocycles. The Morgan fingerprint density at radius 2 is 1.63 bits per heavy atom. The van der Waals surface area contributed by atoms with Gasteiger partial charge in [-0.2, -0.15) is 0 Å². The number of aliphatic hydroxyl groups is 4. The lowest BCUT2D eigenvalue weighted by Crippen LogP contribution is -2.60. The van der Waals surface area contributed by atoms with Gasteiger partial charge in [-0.05, 0) is 48.4 Å². The summed E-state index contributed by atoms with van der Waals surface area (Å²) < 4.78 is 29.3. The standard InChI is InChI=1S/C35H46N2O12/c1-5-6-7-8-9-10-15-47-33-32(49-35-31(43)30(42)29(41)26(19-38)48-35)22-13-12-21(18-23(22)37(2)34(33)44)36-27(39)14-11-20-16-24(45-3)28(40)25(17-20)46-4/h11-14,16-18,26,29-31,35,38,40-43H,5-10,15,19H2,1-4H3,(H,36,39)/t26-,29+,30+,31-,35+/m1/s1. The molecule has 1 fully saturated rings. The Kier molecular flexibility index (Phi) is 13.3. The van der Waals surface area contributed by atoms with E-state index in [-0.39, 0.29) is 35.4 Å². The van der Waals surface area contributed by atoms with Crippen molar-refractivity contribution in [3.8, 4) is 28.7 Å². The van der Waals surface area contributed by atoms with Gasteiger partial charge >= 0.3 is 0 Å². The number of methoxy groups -OCH3 is 2. The summed E-state index contributed by atoms with van der Waals surface area (Å²) in [5.41, 5.74) is 0.659. The highest BCUT2D eigenvalue weighted by atomic mass is 16.7. The maximum absolute atomic E-state index is 13.7. The molecular formula is C35H46N2O12. The molecule has 0 unspecified atom stereocenters. The maximum Gasteiger partial charge on any atom is 0.297 e. The van der Waals surface area contributed by atoms with Gasteiger partial charge in [0.15, 0.2) is 17.2 Å². The molecule has 1 amide bonds. The number of amides is 1. The number of pyridine rings is 1. The predicted molar refractivity (Wildman–Crippen MR) is 181 cm³/mol. The minimum Gasteiger partial charge on any atom is -0.502 e. The molecule has 0 radical (unpaired) electrons. The normalized spacial score (nSPS) is 20.8. The third-order valence-corrected chi connectivity index (χ3v) is 8.33. The molecule has 5 atom stereocenters. The van der Waals surface area contributed by atoms with Crippen LogP contribution in [0.25, 0.3) is 17.0 Å². The number of hydrogen-bond donors (Lipinski definition) is 6. The monoisotopic (exact) mass is 686 g/mol. The van der Waals surface area contributed by atoms with Crippen LogP contribution in [0.5, 0.6) is 28.7 Å². The lowest BCUT2D eigenvalue weighted by Gasteiger charge is -2.39. The van der Waals surface area contributed by atoms with Crippen LogP contribution in [-0.4, -0.2) is 94.1 Å². The summed E-state index contributed by atoms with van der Waals surface area (Å²) in [6, 6.07) is 7.82. The number of fused-ring (bicyclic) bond motifs is 1. The van der Waals surface area contributed by atoms with E-state index in [0.717, 1.165) is 32.1 Å². The van der Waals surface area contributed by atoms with Crippen molar-refractivity contribution in [3.63, 3.8) is 0 Å². The topological polar surface area (TPSA) is 198 Å². The lowest BCUT2D eigenvalue weighted by atomic mass is 9.99. The first-order chi connectivity index (χ1) is 23.5. The first-order valence-electron chi connectivity index (χ1n) is 16.2. The first-order valence-corrected chi connectivity index (χ1v) is 16.2. The van der Waals surface area contributed by atoms with Gasteiger partial charge in [-0.3, -0.25) is 9.59 Å². The minimum absolute atomic E-state index is 0.0681. The Morgan fingerprint density at radius 3 is 2.29 bits per heavy atom. The van der Waals surface area contributed by atoms with Gasteiger partial charge in [0.2, 0.25) is 23.7 Å². The molecule has 0 bridgehead atoms. The number of aryl methyl sites for hydroxylation is 1. The highest BCUT2D eigenvalue weighted by Gasteiger charge is 2.45. The van der Waals surface area contributed by atoms with Crippen LogP contribution in [0.1, 0.15) is 51.0 Å². The number of nitrogens with zero attached hydrogens (tertiary/aromatic N) is 1. The summed E-state index contributed by atoms with van der Waals surface area (Å²) in [6.07, 6.45) is 0.976. The van der Waals surface area contributed by atoms with Crippen molar-refractivity contribution >= 4 is 28.6 Å². The summed E-state index contributed by atoms with van der Waals surface area (Å²) in [7, 11) is 4.33. The average molecular weight is 687 g/mol. The number of phenolic OH excluding ortho intramolecular Hbond substituents is 1. The predicted octanol–water partition coefficient (Wildman–Crippen LogP) is 2.83. The van der Waals surface area contributed by atoms with Crippen LogP contribution in [0, 0.1) is 0 Å². The van der Waals surface area contributed by atoms with Crippen LogP contribution >= 0.6 is 0 Å². The van der Waals surface area contributed by atoms with Gasteiger partial charge in [0.1, 0.15) is 24.4 Å². The minimum atomic E-state index is -1.72. The number of carbonyl (C=O) groups is 1. The number of benzene rings is 2. The smallest absolute Gasteiger partial charge is 0.297 e. The zero-order valence-corrected chi connectivity index (χ0v) is 28.1. The van der Waals surface area contributed by atoms with E-state index in [1.165, 1.54) is 50.1 Å². The fraction of sp³-hybridized carbons (Fsp3) is 0.486. The van der Waals surface area contributed by atoms with Gasteiger partial charge in [-0.25, -0.2) is 0 Å². The first kappa shape index (κ1) is 37.5. The average Bonchev–Trinajstić information content (AvgIpc) is 3.10. The number of nitrogens with one attached hydrogen (secondary N) is 1. The van der Waals surface area contributed by atoms with Crippen LogP contribution in [-0.2, 0) is 16.6 Å². The van der Waals surface area contributed by atoms with E-state index in [0.29, 0.717) is 28.6 Å². The second kappa shape index (κ2) is 17.4. The van der Waals surface area contributed by atoms with Crippen LogP contribution in [0.3, 0.4) is 0 Å². The number of aromatic hydroxyl groups is 1. The molecule has 4 rings (SSSR count). The number of rotatable bonds is 16. The molecule has 3 aromatic rings. The number of anilines is 1. The number of aliphatic hydroxyl groups excluding tert-OH is 4. The molecule has 1 saturated heterocycles. The highest BCUT2D eigenvalue weighted by molar-refractivity contribution is 6.03. The molecular weight excluding hydrogens is 640 g/mol. The zero-order valence-electron chi connectivity index (χ0n) is 28.1. The van der Waals surface area contributed by atoms with Crippen molar-refractivity contribution in [2.24, 2.45) is 7.05 Å². The fourth-order valence-electron chi connectivity index (χ4n) is 5.51. The van der Waals surface area contributed by atoms with Crippen molar-refractivity contribution in [1.82, 2.24) is 4.57 Å². The van der Waals surface area contributed by atoms with Gasteiger partial charge in [-0.1, -0.05) is 39.0 Å². The van der Waals surface area contributed by atoms with E-state index in [9.17, 15) is 35.1 Å². The SMILES string of the molecule is CCCCCCCCOc1c(O[C@@H]2O[C@H](CO)[C@H](O)[C@H](O)[C@H]2O)c2ccc(NC(=O)C=Cc3cc(OC)c(O)c(OC)c3)cc2n(C)c1=O. The molecule has 1 aliphatic rings.